The zero-order chi connectivity index (χ0) is 15.2. The molecule has 0 spiro atoms. The Morgan fingerprint density at radius 3 is 2.48 bits per heavy atom. The number of carbonyl (C=O) groups is 1. The molecule has 110 valence electrons. The summed E-state index contributed by atoms with van der Waals surface area (Å²) in [6.45, 7) is 2.55. The van der Waals surface area contributed by atoms with Gasteiger partial charge in [-0.05, 0) is 47.9 Å². The highest BCUT2D eigenvalue weighted by Gasteiger charge is 2.08. The number of esters is 1. The normalized spacial score (nSPS) is 10.4. The molecule has 0 unspecified atom stereocenters. The highest BCUT2D eigenvalue weighted by molar-refractivity contribution is 9.11. The molecule has 0 aliphatic rings. The van der Waals surface area contributed by atoms with Crippen LogP contribution in [0.1, 0.15) is 30.1 Å². The van der Waals surface area contributed by atoms with Crippen LogP contribution < -0.4 is 0 Å². The first-order valence-corrected chi connectivity index (χ1v) is 8.43. The van der Waals surface area contributed by atoms with Gasteiger partial charge >= 0.3 is 5.97 Å². The topological polar surface area (TPSA) is 26.3 Å². The van der Waals surface area contributed by atoms with Crippen molar-refractivity contribution in [2.24, 2.45) is 0 Å². The van der Waals surface area contributed by atoms with Crippen LogP contribution in [0.3, 0.4) is 0 Å². The van der Waals surface area contributed by atoms with Crippen LogP contribution in [0.5, 0.6) is 0 Å². The Kier molecular flexibility index (Phi) is 6.00. The molecule has 21 heavy (non-hydrogen) atoms. The Balaban J connectivity index is 2.15. The van der Waals surface area contributed by atoms with Gasteiger partial charge in [-0.15, -0.1) is 0 Å². The molecule has 2 aromatic carbocycles. The quantitative estimate of drug-likeness (QED) is 0.456. The Morgan fingerprint density at radius 2 is 1.81 bits per heavy atom. The highest BCUT2D eigenvalue weighted by Crippen LogP contribution is 2.31. The first kappa shape index (κ1) is 16.2. The summed E-state index contributed by atoms with van der Waals surface area (Å²) < 4.78 is 7.24. The highest BCUT2D eigenvalue weighted by atomic mass is 79.9. The summed E-state index contributed by atoms with van der Waals surface area (Å²) in [6.07, 6.45) is 1.91. The van der Waals surface area contributed by atoms with Gasteiger partial charge in [0.2, 0.25) is 0 Å². The van der Waals surface area contributed by atoms with Crippen molar-refractivity contribution in [2.45, 2.75) is 19.8 Å². The number of ether oxygens (including phenoxy) is 1. The predicted molar refractivity (Wildman–Crippen MR) is 92.5 cm³/mol. The molecule has 0 saturated carbocycles. The fourth-order valence-electron chi connectivity index (χ4n) is 1.90. The molecule has 0 N–H and O–H groups in total. The van der Waals surface area contributed by atoms with Gasteiger partial charge in [-0.2, -0.15) is 0 Å². The maximum atomic E-state index is 11.8. The summed E-state index contributed by atoms with van der Waals surface area (Å²) in [7, 11) is 0. The van der Waals surface area contributed by atoms with Gasteiger partial charge < -0.3 is 4.74 Å². The van der Waals surface area contributed by atoms with E-state index in [-0.39, 0.29) is 5.97 Å². The van der Waals surface area contributed by atoms with Gasteiger partial charge in [0.1, 0.15) is 0 Å². The van der Waals surface area contributed by atoms with Gasteiger partial charge in [-0.1, -0.05) is 57.3 Å². The monoisotopic (exact) mass is 410 g/mol. The molecule has 2 nitrogen and oxygen atoms in total. The summed E-state index contributed by atoms with van der Waals surface area (Å²) >= 11 is 7.02. The average molecular weight is 412 g/mol. The molecular weight excluding hydrogens is 396 g/mol. The van der Waals surface area contributed by atoms with Crippen molar-refractivity contribution in [2.75, 3.05) is 6.61 Å². The Bertz CT molecular complexity index is 621. The zero-order valence-corrected chi connectivity index (χ0v) is 14.9. The van der Waals surface area contributed by atoms with E-state index < -0.39 is 0 Å². The Morgan fingerprint density at radius 1 is 1.10 bits per heavy atom. The number of carbonyl (C=O) groups excluding carboxylic acids is 1. The number of unbranched alkanes of at least 4 members (excludes halogenated alkanes) is 1. The van der Waals surface area contributed by atoms with Gasteiger partial charge in [0.05, 0.1) is 12.2 Å². The minimum absolute atomic E-state index is 0.261. The number of benzene rings is 2. The van der Waals surface area contributed by atoms with Crippen LogP contribution in [-0.4, -0.2) is 12.6 Å². The van der Waals surface area contributed by atoms with Crippen molar-refractivity contribution >= 4 is 37.8 Å². The van der Waals surface area contributed by atoms with Crippen LogP contribution in [0.15, 0.2) is 51.4 Å². The lowest BCUT2D eigenvalue weighted by Crippen LogP contribution is -2.06. The molecule has 0 saturated heterocycles. The molecular formula is C17H16Br2O2. The Hall–Kier alpha value is -1.13. The standard InChI is InChI=1S/C17H16Br2O2/c1-2-3-10-21-17(20)13-6-4-12(5-7-13)15-11-14(18)8-9-16(15)19/h4-9,11H,2-3,10H2,1H3. The van der Waals surface area contributed by atoms with Crippen LogP contribution in [0.25, 0.3) is 11.1 Å². The minimum Gasteiger partial charge on any atom is -0.462 e. The predicted octanol–water partition coefficient (Wildman–Crippen LogP) is 5.84. The molecule has 0 radical (unpaired) electrons. The molecule has 0 aliphatic heterocycles. The molecule has 0 fully saturated rings. The number of hydrogen-bond acceptors (Lipinski definition) is 2. The van der Waals surface area contributed by atoms with E-state index in [1.54, 1.807) is 12.1 Å². The van der Waals surface area contributed by atoms with E-state index in [1.165, 1.54) is 0 Å². The van der Waals surface area contributed by atoms with Gasteiger partial charge in [0.15, 0.2) is 0 Å². The molecule has 2 rings (SSSR count). The largest absolute Gasteiger partial charge is 0.462 e. The summed E-state index contributed by atoms with van der Waals surface area (Å²) in [4.78, 5) is 11.8. The molecule has 0 heterocycles. The summed E-state index contributed by atoms with van der Waals surface area (Å²) in [6, 6.07) is 13.5. The van der Waals surface area contributed by atoms with E-state index in [4.69, 9.17) is 4.74 Å². The Labute approximate surface area is 141 Å². The van der Waals surface area contributed by atoms with Crippen molar-refractivity contribution in [3.63, 3.8) is 0 Å². The third kappa shape index (κ3) is 4.42. The van der Waals surface area contributed by atoms with E-state index in [0.29, 0.717) is 12.2 Å². The van der Waals surface area contributed by atoms with Crippen molar-refractivity contribution in [1.29, 1.82) is 0 Å². The fraction of sp³-hybridized carbons (Fsp3) is 0.235. The van der Waals surface area contributed by atoms with E-state index in [0.717, 1.165) is 32.9 Å². The molecule has 0 aliphatic carbocycles. The van der Waals surface area contributed by atoms with E-state index in [2.05, 4.69) is 38.8 Å². The van der Waals surface area contributed by atoms with Crippen molar-refractivity contribution in [3.05, 3.63) is 57.0 Å². The summed E-state index contributed by atoms with van der Waals surface area (Å²) in [5.41, 5.74) is 2.71. The van der Waals surface area contributed by atoms with Crippen molar-refractivity contribution < 1.29 is 9.53 Å². The van der Waals surface area contributed by atoms with Gasteiger partial charge in [-0.3, -0.25) is 0 Å². The maximum Gasteiger partial charge on any atom is 0.338 e. The van der Waals surface area contributed by atoms with Gasteiger partial charge in [0, 0.05) is 8.95 Å². The van der Waals surface area contributed by atoms with Gasteiger partial charge in [0.25, 0.3) is 0 Å². The van der Waals surface area contributed by atoms with Crippen LogP contribution in [0.2, 0.25) is 0 Å². The molecule has 0 aromatic heterocycles. The zero-order valence-electron chi connectivity index (χ0n) is 11.7. The fourth-order valence-corrected chi connectivity index (χ4v) is 2.73. The van der Waals surface area contributed by atoms with Crippen LogP contribution in [-0.2, 0) is 4.74 Å². The minimum atomic E-state index is -0.261. The van der Waals surface area contributed by atoms with Crippen LogP contribution in [0, 0.1) is 0 Å². The molecule has 4 heteroatoms. The maximum absolute atomic E-state index is 11.8. The van der Waals surface area contributed by atoms with Gasteiger partial charge in [-0.25, -0.2) is 4.79 Å². The average Bonchev–Trinajstić information content (AvgIpc) is 2.50. The third-order valence-electron chi connectivity index (χ3n) is 3.09. The van der Waals surface area contributed by atoms with E-state index in [9.17, 15) is 4.79 Å². The molecule has 0 bridgehead atoms. The molecule has 0 atom stereocenters. The number of hydrogen-bond donors (Lipinski definition) is 0. The molecule has 0 amide bonds. The second kappa shape index (κ2) is 7.76. The molecule has 2 aromatic rings. The number of halogens is 2. The van der Waals surface area contributed by atoms with Crippen LogP contribution in [0.4, 0.5) is 0 Å². The second-order valence-electron chi connectivity index (χ2n) is 4.69. The van der Waals surface area contributed by atoms with E-state index in [1.807, 2.05) is 30.3 Å². The van der Waals surface area contributed by atoms with Crippen LogP contribution >= 0.6 is 31.9 Å². The second-order valence-corrected chi connectivity index (χ2v) is 6.46. The van der Waals surface area contributed by atoms with E-state index >= 15 is 0 Å². The first-order valence-electron chi connectivity index (χ1n) is 6.84. The summed E-state index contributed by atoms with van der Waals surface area (Å²) in [5.74, 6) is -0.261. The number of rotatable bonds is 5. The lowest BCUT2D eigenvalue weighted by Gasteiger charge is -2.07. The summed E-state index contributed by atoms with van der Waals surface area (Å²) in [5, 5.41) is 0. The lowest BCUT2D eigenvalue weighted by molar-refractivity contribution is 0.0500. The van der Waals surface area contributed by atoms with Crippen molar-refractivity contribution in [1.82, 2.24) is 0 Å². The lowest BCUT2D eigenvalue weighted by atomic mass is 10.0. The SMILES string of the molecule is CCCCOC(=O)c1ccc(-c2cc(Br)ccc2Br)cc1. The van der Waals surface area contributed by atoms with Crippen molar-refractivity contribution in [3.8, 4) is 11.1 Å². The smallest absolute Gasteiger partial charge is 0.338 e. The first-order chi connectivity index (χ1) is 10.1. The third-order valence-corrected chi connectivity index (χ3v) is 4.28.